The van der Waals surface area contributed by atoms with Crippen LogP contribution in [0.2, 0.25) is 0 Å². The molecule has 1 rings (SSSR count). The predicted octanol–water partition coefficient (Wildman–Crippen LogP) is 2.58. The molecule has 1 unspecified atom stereocenters. The number of ether oxygens (including phenoxy) is 1. The molecule has 1 N–H and O–H groups in total. The molecule has 2 nitrogen and oxygen atoms in total. The van der Waals surface area contributed by atoms with E-state index in [1.54, 1.807) is 0 Å². The van der Waals surface area contributed by atoms with Gasteiger partial charge in [0.05, 0.1) is 19.3 Å². The SMILES string of the molecule is C#CCNCC(C)OCc1cccc(Br)c1. The van der Waals surface area contributed by atoms with E-state index in [-0.39, 0.29) is 6.10 Å². The summed E-state index contributed by atoms with van der Waals surface area (Å²) in [5.41, 5.74) is 1.16. The van der Waals surface area contributed by atoms with Crippen molar-refractivity contribution in [2.24, 2.45) is 0 Å². The Morgan fingerprint density at radius 1 is 1.56 bits per heavy atom. The standard InChI is InChI=1S/C13H16BrNO/c1-3-7-15-9-11(2)16-10-12-5-4-6-13(14)8-12/h1,4-6,8,11,15H,7,9-10H2,2H3. The Balaban J connectivity index is 2.26. The number of halogens is 1. The van der Waals surface area contributed by atoms with Crippen molar-refractivity contribution in [3.05, 3.63) is 34.3 Å². The van der Waals surface area contributed by atoms with E-state index in [9.17, 15) is 0 Å². The van der Waals surface area contributed by atoms with Crippen LogP contribution in [0.15, 0.2) is 28.7 Å². The van der Waals surface area contributed by atoms with E-state index in [1.165, 1.54) is 0 Å². The zero-order valence-corrected chi connectivity index (χ0v) is 11.0. The molecule has 0 heterocycles. The van der Waals surface area contributed by atoms with Gasteiger partial charge in [0.25, 0.3) is 0 Å². The smallest absolute Gasteiger partial charge is 0.0721 e. The highest BCUT2D eigenvalue weighted by Crippen LogP contribution is 2.12. The van der Waals surface area contributed by atoms with Crippen LogP contribution < -0.4 is 5.32 Å². The largest absolute Gasteiger partial charge is 0.373 e. The topological polar surface area (TPSA) is 21.3 Å². The summed E-state index contributed by atoms with van der Waals surface area (Å²) in [7, 11) is 0. The fourth-order valence-corrected chi connectivity index (χ4v) is 1.72. The van der Waals surface area contributed by atoms with Gasteiger partial charge in [-0.3, -0.25) is 0 Å². The van der Waals surface area contributed by atoms with E-state index < -0.39 is 0 Å². The first-order chi connectivity index (χ1) is 7.72. The molecule has 1 atom stereocenters. The van der Waals surface area contributed by atoms with Gasteiger partial charge >= 0.3 is 0 Å². The van der Waals surface area contributed by atoms with Crippen LogP contribution in [0.4, 0.5) is 0 Å². The van der Waals surface area contributed by atoms with E-state index in [1.807, 2.05) is 25.1 Å². The zero-order chi connectivity index (χ0) is 11.8. The second kappa shape index (κ2) is 7.45. The number of terminal acetylenes is 1. The van der Waals surface area contributed by atoms with Gasteiger partial charge in [-0.2, -0.15) is 0 Å². The molecule has 0 aliphatic rings. The Kier molecular flexibility index (Phi) is 6.17. The van der Waals surface area contributed by atoms with Gasteiger partial charge in [-0.25, -0.2) is 0 Å². The van der Waals surface area contributed by atoms with Crippen molar-refractivity contribution in [3.8, 4) is 12.3 Å². The normalized spacial score (nSPS) is 12.1. The van der Waals surface area contributed by atoms with Crippen molar-refractivity contribution in [3.63, 3.8) is 0 Å². The molecule has 0 amide bonds. The highest BCUT2D eigenvalue weighted by molar-refractivity contribution is 9.10. The van der Waals surface area contributed by atoms with Gasteiger partial charge in [0, 0.05) is 11.0 Å². The lowest BCUT2D eigenvalue weighted by Crippen LogP contribution is -2.26. The van der Waals surface area contributed by atoms with Crippen molar-refractivity contribution in [2.75, 3.05) is 13.1 Å². The van der Waals surface area contributed by atoms with Crippen LogP contribution in [0.3, 0.4) is 0 Å². The second-order valence-electron chi connectivity index (χ2n) is 3.59. The fraction of sp³-hybridized carbons (Fsp3) is 0.385. The zero-order valence-electron chi connectivity index (χ0n) is 9.37. The summed E-state index contributed by atoms with van der Waals surface area (Å²) in [6.45, 7) is 4.02. The molecule has 1 aromatic rings. The number of rotatable bonds is 6. The van der Waals surface area contributed by atoms with Crippen LogP contribution in [0, 0.1) is 12.3 Å². The summed E-state index contributed by atoms with van der Waals surface area (Å²) in [5, 5.41) is 3.11. The molecular formula is C13H16BrNO. The minimum absolute atomic E-state index is 0.160. The van der Waals surface area contributed by atoms with Crippen LogP contribution in [0.25, 0.3) is 0 Å². The van der Waals surface area contributed by atoms with Gasteiger partial charge in [-0.1, -0.05) is 34.0 Å². The fourth-order valence-electron chi connectivity index (χ4n) is 1.27. The maximum Gasteiger partial charge on any atom is 0.0721 e. The van der Waals surface area contributed by atoms with Gasteiger partial charge in [0.2, 0.25) is 0 Å². The monoisotopic (exact) mass is 281 g/mol. The first-order valence-corrected chi connectivity index (χ1v) is 6.02. The molecule has 0 saturated carbocycles. The van der Waals surface area contributed by atoms with Crippen molar-refractivity contribution < 1.29 is 4.74 Å². The summed E-state index contributed by atoms with van der Waals surface area (Å²) >= 11 is 3.43. The number of benzene rings is 1. The summed E-state index contributed by atoms with van der Waals surface area (Å²) in [6, 6.07) is 8.11. The van der Waals surface area contributed by atoms with Crippen LogP contribution >= 0.6 is 15.9 Å². The third-order valence-corrected chi connectivity index (χ3v) is 2.58. The molecule has 0 aliphatic carbocycles. The number of hydrogen-bond donors (Lipinski definition) is 1. The summed E-state index contributed by atoms with van der Waals surface area (Å²) in [6.07, 6.45) is 5.30. The maximum atomic E-state index is 5.68. The van der Waals surface area contributed by atoms with Gasteiger partial charge in [-0.05, 0) is 24.6 Å². The minimum Gasteiger partial charge on any atom is -0.373 e. The molecule has 0 fully saturated rings. The summed E-state index contributed by atoms with van der Waals surface area (Å²) < 4.78 is 6.75. The first kappa shape index (κ1) is 13.2. The Bertz CT molecular complexity index is 359. The lowest BCUT2D eigenvalue weighted by atomic mass is 10.2. The number of hydrogen-bond acceptors (Lipinski definition) is 2. The van der Waals surface area contributed by atoms with Crippen LogP contribution in [0.1, 0.15) is 12.5 Å². The average Bonchev–Trinajstić information content (AvgIpc) is 2.27. The Morgan fingerprint density at radius 2 is 2.38 bits per heavy atom. The van der Waals surface area contributed by atoms with Crippen molar-refractivity contribution in [1.82, 2.24) is 5.32 Å². The Morgan fingerprint density at radius 3 is 3.06 bits per heavy atom. The Hall–Kier alpha value is -0.820. The predicted molar refractivity (Wildman–Crippen MR) is 70.1 cm³/mol. The van der Waals surface area contributed by atoms with Gasteiger partial charge in [0.15, 0.2) is 0 Å². The highest BCUT2D eigenvalue weighted by atomic mass is 79.9. The van der Waals surface area contributed by atoms with Gasteiger partial charge < -0.3 is 10.1 Å². The summed E-state index contributed by atoms with van der Waals surface area (Å²) in [4.78, 5) is 0. The lowest BCUT2D eigenvalue weighted by molar-refractivity contribution is 0.0539. The van der Waals surface area contributed by atoms with Crippen LogP contribution in [-0.2, 0) is 11.3 Å². The van der Waals surface area contributed by atoms with Crippen molar-refractivity contribution in [2.45, 2.75) is 19.6 Å². The molecule has 0 radical (unpaired) electrons. The van der Waals surface area contributed by atoms with E-state index in [4.69, 9.17) is 11.2 Å². The quantitative estimate of drug-likeness (QED) is 0.639. The third kappa shape index (κ3) is 5.32. The van der Waals surface area contributed by atoms with Crippen LogP contribution in [0.5, 0.6) is 0 Å². The maximum absolute atomic E-state index is 5.68. The van der Waals surface area contributed by atoms with Gasteiger partial charge in [-0.15, -0.1) is 6.42 Å². The molecule has 86 valence electrons. The third-order valence-electron chi connectivity index (χ3n) is 2.08. The Labute approximate surface area is 106 Å². The molecular weight excluding hydrogens is 266 g/mol. The average molecular weight is 282 g/mol. The molecule has 1 aromatic carbocycles. The van der Waals surface area contributed by atoms with E-state index in [0.717, 1.165) is 16.6 Å². The van der Waals surface area contributed by atoms with E-state index in [0.29, 0.717) is 13.2 Å². The minimum atomic E-state index is 0.160. The van der Waals surface area contributed by atoms with E-state index >= 15 is 0 Å². The molecule has 0 aliphatic heterocycles. The lowest BCUT2D eigenvalue weighted by Gasteiger charge is -2.13. The van der Waals surface area contributed by atoms with Crippen LogP contribution in [-0.4, -0.2) is 19.2 Å². The highest BCUT2D eigenvalue weighted by Gasteiger charge is 2.01. The van der Waals surface area contributed by atoms with Crippen molar-refractivity contribution in [1.29, 1.82) is 0 Å². The molecule has 3 heteroatoms. The van der Waals surface area contributed by atoms with Crippen molar-refractivity contribution >= 4 is 15.9 Å². The molecule has 0 spiro atoms. The second-order valence-corrected chi connectivity index (χ2v) is 4.50. The molecule has 0 aromatic heterocycles. The molecule has 0 bridgehead atoms. The van der Waals surface area contributed by atoms with E-state index in [2.05, 4.69) is 33.2 Å². The molecule has 16 heavy (non-hydrogen) atoms. The first-order valence-electron chi connectivity index (χ1n) is 5.22. The molecule has 0 saturated heterocycles. The number of nitrogens with one attached hydrogen (secondary N) is 1. The van der Waals surface area contributed by atoms with Gasteiger partial charge in [0.1, 0.15) is 0 Å². The summed E-state index contributed by atoms with van der Waals surface area (Å²) in [5.74, 6) is 2.53.